The second kappa shape index (κ2) is 6.90. The molecule has 1 fully saturated rings. The van der Waals surface area contributed by atoms with Crippen molar-refractivity contribution < 1.29 is 0 Å². The second-order valence-electron chi connectivity index (χ2n) is 6.93. The van der Waals surface area contributed by atoms with Crippen LogP contribution in [0.15, 0.2) is 5.38 Å². The first-order valence-corrected chi connectivity index (χ1v) is 8.78. The highest BCUT2D eigenvalue weighted by atomic mass is 32.1. The quantitative estimate of drug-likeness (QED) is 0.835. The molecule has 20 heavy (non-hydrogen) atoms. The van der Waals surface area contributed by atoms with Crippen LogP contribution in [-0.4, -0.2) is 24.6 Å². The highest BCUT2D eigenvalue weighted by molar-refractivity contribution is 7.13. The molecule has 2 rings (SSSR count). The Morgan fingerprint density at radius 2 is 2.05 bits per heavy atom. The molecule has 0 amide bonds. The van der Waals surface area contributed by atoms with E-state index in [0.29, 0.717) is 5.41 Å². The van der Waals surface area contributed by atoms with Crippen molar-refractivity contribution in [1.29, 1.82) is 0 Å². The smallest absolute Gasteiger partial charge is 0.185 e. The Kier molecular flexibility index (Phi) is 5.44. The van der Waals surface area contributed by atoms with E-state index in [1.807, 2.05) is 0 Å². The van der Waals surface area contributed by atoms with Gasteiger partial charge < -0.3 is 10.2 Å². The van der Waals surface area contributed by atoms with Gasteiger partial charge in [-0.2, -0.15) is 0 Å². The van der Waals surface area contributed by atoms with Gasteiger partial charge in [0.25, 0.3) is 0 Å². The topological polar surface area (TPSA) is 28.2 Å². The maximum atomic E-state index is 4.77. The van der Waals surface area contributed by atoms with Crippen LogP contribution in [-0.2, 0) is 6.54 Å². The second-order valence-corrected chi connectivity index (χ2v) is 7.76. The Labute approximate surface area is 127 Å². The number of nitrogens with zero attached hydrogens (tertiary/aromatic N) is 2. The molecule has 114 valence electrons. The van der Waals surface area contributed by atoms with E-state index in [9.17, 15) is 0 Å². The molecule has 3 nitrogen and oxygen atoms in total. The first-order chi connectivity index (χ1) is 9.50. The van der Waals surface area contributed by atoms with Gasteiger partial charge in [-0.15, -0.1) is 11.3 Å². The molecular formula is C16H29N3S. The Morgan fingerprint density at radius 3 is 2.65 bits per heavy atom. The predicted molar refractivity (Wildman–Crippen MR) is 88.5 cm³/mol. The summed E-state index contributed by atoms with van der Waals surface area (Å²) in [7, 11) is 0. The molecule has 1 aliphatic rings. The van der Waals surface area contributed by atoms with E-state index in [1.54, 1.807) is 11.3 Å². The fourth-order valence-corrected chi connectivity index (χ4v) is 3.73. The third-order valence-electron chi connectivity index (χ3n) is 4.26. The molecular weight excluding hydrogens is 266 g/mol. The zero-order valence-electron chi connectivity index (χ0n) is 13.4. The fourth-order valence-electron chi connectivity index (χ4n) is 2.85. The van der Waals surface area contributed by atoms with E-state index in [-0.39, 0.29) is 0 Å². The van der Waals surface area contributed by atoms with Crippen LogP contribution in [0.4, 0.5) is 5.13 Å². The van der Waals surface area contributed by atoms with E-state index in [2.05, 4.69) is 43.3 Å². The van der Waals surface area contributed by atoms with Gasteiger partial charge in [0.2, 0.25) is 0 Å². The molecule has 4 heteroatoms. The lowest BCUT2D eigenvalue weighted by Gasteiger charge is -2.38. The first kappa shape index (κ1) is 15.8. The van der Waals surface area contributed by atoms with Gasteiger partial charge >= 0.3 is 0 Å². The summed E-state index contributed by atoms with van der Waals surface area (Å²) in [5.41, 5.74) is 1.64. The lowest BCUT2D eigenvalue weighted by Crippen LogP contribution is -2.38. The standard InChI is InChI=1S/C16H29N3S/c1-5-8-17-11-14-12-20-15(18-14)19-9-6-13(7-10-19)16(2,3)4/h12-13,17H,5-11H2,1-4H3. The summed E-state index contributed by atoms with van der Waals surface area (Å²) < 4.78 is 0. The summed E-state index contributed by atoms with van der Waals surface area (Å²) in [5, 5.41) is 6.84. The van der Waals surface area contributed by atoms with Crippen molar-refractivity contribution in [1.82, 2.24) is 10.3 Å². The number of hydrogen-bond acceptors (Lipinski definition) is 4. The molecule has 1 aromatic heterocycles. The lowest BCUT2D eigenvalue weighted by molar-refractivity contribution is 0.199. The van der Waals surface area contributed by atoms with Crippen molar-refractivity contribution >= 4 is 16.5 Å². The van der Waals surface area contributed by atoms with Crippen molar-refractivity contribution in [2.24, 2.45) is 11.3 Å². The van der Waals surface area contributed by atoms with Gasteiger partial charge in [-0.3, -0.25) is 0 Å². The summed E-state index contributed by atoms with van der Waals surface area (Å²) in [5.74, 6) is 0.851. The molecule has 1 saturated heterocycles. The normalized spacial score (nSPS) is 17.7. The molecule has 0 aliphatic carbocycles. The molecule has 0 aromatic carbocycles. The molecule has 1 aromatic rings. The largest absolute Gasteiger partial charge is 0.348 e. The van der Waals surface area contributed by atoms with Crippen LogP contribution in [0, 0.1) is 11.3 Å². The Bertz CT molecular complexity index is 400. The van der Waals surface area contributed by atoms with Crippen molar-refractivity contribution in [3.63, 3.8) is 0 Å². The number of aromatic nitrogens is 1. The van der Waals surface area contributed by atoms with E-state index < -0.39 is 0 Å². The van der Waals surface area contributed by atoms with E-state index in [1.165, 1.54) is 30.1 Å². The van der Waals surface area contributed by atoms with Gasteiger partial charge in [0, 0.05) is 25.0 Å². The fraction of sp³-hybridized carbons (Fsp3) is 0.812. The first-order valence-electron chi connectivity index (χ1n) is 7.90. The van der Waals surface area contributed by atoms with Crippen molar-refractivity contribution in [2.45, 2.75) is 53.5 Å². The molecule has 0 saturated carbocycles. The van der Waals surface area contributed by atoms with E-state index in [0.717, 1.165) is 32.1 Å². The Balaban J connectivity index is 1.84. The Hall–Kier alpha value is -0.610. The minimum absolute atomic E-state index is 0.449. The third-order valence-corrected chi connectivity index (χ3v) is 5.21. The summed E-state index contributed by atoms with van der Waals surface area (Å²) in [6.45, 7) is 13.6. The molecule has 0 atom stereocenters. The third kappa shape index (κ3) is 4.19. The average molecular weight is 295 g/mol. The monoisotopic (exact) mass is 295 g/mol. The maximum absolute atomic E-state index is 4.77. The number of piperidine rings is 1. The van der Waals surface area contributed by atoms with Crippen LogP contribution < -0.4 is 10.2 Å². The molecule has 1 aliphatic heterocycles. The molecule has 2 heterocycles. The minimum Gasteiger partial charge on any atom is -0.348 e. The zero-order chi connectivity index (χ0) is 14.6. The average Bonchev–Trinajstić information content (AvgIpc) is 2.87. The molecule has 0 unspecified atom stereocenters. The minimum atomic E-state index is 0.449. The van der Waals surface area contributed by atoms with Gasteiger partial charge in [-0.25, -0.2) is 4.98 Å². The summed E-state index contributed by atoms with van der Waals surface area (Å²) in [4.78, 5) is 7.24. The predicted octanol–water partition coefficient (Wildman–Crippen LogP) is 3.91. The van der Waals surface area contributed by atoms with Crippen LogP contribution in [0.25, 0.3) is 0 Å². The number of hydrogen-bond donors (Lipinski definition) is 1. The number of thiazole rings is 1. The van der Waals surface area contributed by atoms with E-state index in [4.69, 9.17) is 4.98 Å². The highest BCUT2D eigenvalue weighted by Gasteiger charge is 2.29. The van der Waals surface area contributed by atoms with Gasteiger partial charge in [0.1, 0.15) is 0 Å². The summed E-state index contributed by atoms with van der Waals surface area (Å²) in [6.07, 6.45) is 3.77. The molecule has 0 bridgehead atoms. The van der Waals surface area contributed by atoms with Crippen LogP contribution in [0.5, 0.6) is 0 Å². The van der Waals surface area contributed by atoms with Gasteiger partial charge in [0.15, 0.2) is 5.13 Å². The van der Waals surface area contributed by atoms with Gasteiger partial charge in [-0.05, 0) is 37.1 Å². The van der Waals surface area contributed by atoms with E-state index >= 15 is 0 Å². The van der Waals surface area contributed by atoms with Crippen LogP contribution in [0.2, 0.25) is 0 Å². The summed E-state index contributed by atoms with van der Waals surface area (Å²) >= 11 is 1.80. The molecule has 1 N–H and O–H groups in total. The summed E-state index contributed by atoms with van der Waals surface area (Å²) in [6, 6.07) is 0. The SMILES string of the molecule is CCCNCc1csc(N2CCC(C(C)(C)C)CC2)n1. The molecule has 0 radical (unpaired) electrons. The van der Waals surface area contributed by atoms with Crippen molar-refractivity contribution in [3.05, 3.63) is 11.1 Å². The van der Waals surface area contributed by atoms with Crippen LogP contribution in [0.1, 0.15) is 52.7 Å². The van der Waals surface area contributed by atoms with Crippen LogP contribution in [0.3, 0.4) is 0 Å². The highest BCUT2D eigenvalue weighted by Crippen LogP contribution is 2.36. The van der Waals surface area contributed by atoms with Crippen molar-refractivity contribution in [2.75, 3.05) is 24.5 Å². The maximum Gasteiger partial charge on any atom is 0.185 e. The van der Waals surface area contributed by atoms with Crippen molar-refractivity contribution in [3.8, 4) is 0 Å². The van der Waals surface area contributed by atoms with Crippen LogP contribution >= 0.6 is 11.3 Å². The molecule has 0 spiro atoms. The van der Waals surface area contributed by atoms with Gasteiger partial charge in [0.05, 0.1) is 5.69 Å². The zero-order valence-corrected chi connectivity index (χ0v) is 14.2. The number of anilines is 1. The van der Waals surface area contributed by atoms with Gasteiger partial charge in [-0.1, -0.05) is 27.7 Å². The lowest BCUT2D eigenvalue weighted by atomic mass is 9.75. The Morgan fingerprint density at radius 1 is 1.35 bits per heavy atom. The number of nitrogens with one attached hydrogen (secondary N) is 1. The number of rotatable bonds is 5.